The molecule has 29 heavy (non-hydrogen) atoms. The van der Waals surface area contributed by atoms with E-state index in [1.807, 2.05) is 0 Å². The lowest BCUT2D eigenvalue weighted by Crippen LogP contribution is -2.38. The maximum absolute atomic E-state index is 14.2. The molecule has 2 amide bonds. The highest BCUT2D eigenvalue weighted by atomic mass is 19.1. The van der Waals surface area contributed by atoms with Gasteiger partial charge in [0.1, 0.15) is 11.6 Å². The minimum absolute atomic E-state index is 0.430. The number of aliphatic carboxylic acids is 1. The molecule has 0 saturated carbocycles. The summed E-state index contributed by atoms with van der Waals surface area (Å²) in [7, 11) is 0. The molecular formula is C21H22F2N2O4. The van der Waals surface area contributed by atoms with Gasteiger partial charge < -0.3 is 15.7 Å². The molecule has 2 aromatic carbocycles. The molecule has 2 aromatic rings. The highest BCUT2D eigenvalue weighted by Crippen LogP contribution is 2.26. The number of carbonyl (C=O) groups excluding carboxylic acids is 2. The molecule has 154 valence electrons. The van der Waals surface area contributed by atoms with Crippen molar-refractivity contribution in [1.82, 2.24) is 10.6 Å². The number of amides is 2. The van der Waals surface area contributed by atoms with Crippen molar-refractivity contribution in [2.75, 3.05) is 0 Å². The largest absolute Gasteiger partial charge is 0.481 e. The number of benzene rings is 2. The van der Waals surface area contributed by atoms with Crippen molar-refractivity contribution in [2.24, 2.45) is 5.92 Å². The highest BCUT2D eigenvalue weighted by Gasteiger charge is 2.29. The Labute approximate surface area is 166 Å². The van der Waals surface area contributed by atoms with Crippen molar-refractivity contribution in [3.05, 3.63) is 71.3 Å². The van der Waals surface area contributed by atoms with Crippen molar-refractivity contribution >= 4 is 17.8 Å². The first-order valence-corrected chi connectivity index (χ1v) is 8.98. The fraction of sp³-hybridized carbons (Fsp3) is 0.286. The SMILES string of the molecule is CC(=O)NC(CC(=O)NC(c1ccccc1)C(C)C(=O)O)c1c(F)cccc1F. The predicted octanol–water partition coefficient (Wildman–Crippen LogP) is 3.11. The summed E-state index contributed by atoms with van der Waals surface area (Å²) in [5.74, 6) is -5.08. The lowest BCUT2D eigenvalue weighted by Gasteiger charge is -2.25. The van der Waals surface area contributed by atoms with Crippen LogP contribution in [0.1, 0.15) is 43.5 Å². The fourth-order valence-electron chi connectivity index (χ4n) is 3.03. The molecule has 0 fully saturated rings. The van der Waals surface area contributed by atoms with Crippen molar-refractivity contribution in [2.45, 2.75) is 32.4 Å². The summed E-state index contributed by atoms with van der Waals surface area (Å²) >= 11 is 0. The van der Waals surface area contributed by atoms with Crippen LogP contribution in [0, 0.1) is 17.6 Å². The third kappa shape index (κ3) is 5.84. The topological polar surface area (TPSA) is 95.5 Å². The number of nitrogens with one attached hydrogen (secondary N) is 2. The first-order valence-electron chi connectivity index (χ1n) is 8.98. The summed E-state index contributed by atoms with van der Waals surface area (Å²) < 4.78 is 28.3. The van der Waals surface area contributed by atoms with Crippen LogP contribution in [0.5, 0.6) is 0 Å². The van der Waals surface area contributed by atoms with Gasteiger partial charge in [-0.05, 0) is 24.6 Å². The van der Waals surface area contributed by atoms with Crippen LogP contribution in [0.3, 0.4) is 0 Å². The Morgan fingerprint density at radius 3 is 2.07 bits per heavy atom. The molecule has 8 heteroatoms. The van der Waals surface area contributed by atoms with Crippen LogP contribution in [0.4, 0.5) is 8.78 Å². The average Bonchev–Trinajstić information content (AvgIpc) is 2.65. The third-order valence-corrected chi connectivity index (χ3v) is 4.48. The number of carboxylic acids is 1. The van der Waals surface area contributed by atoms with Crippen LogP contribution < -0.4 is 10.6 Å². The van der Waals surface area contributed by atoms with Gasteiger partial charge in [0.05, 0.1) is 24.4 Å². The second kappa shape index (κ2) is 9.77. The maximum Gasteiger partial charge on any atom is 0.308 e. The number of halogens is 2. The minimum atomic E-state index is -1.25. The summed E-state index contributed by atoms with van der Waals surface area (Å²) in [6.45, 7) is 2.62. The van der Waals surface area contributed by atoms with Gasteiger partial charge in [-0.1, -0.05) is 36.4 Å². The standard InChI is InChI=1S/C21H22F2N2O4/c1-12(21(28)29)20(14-7-4-3-5-8-14)25-18(27)11-17(24-13(2)26)19-15(22)9-6-10-16(19)23/h3-10,12,17,20H,11H2,1-2H3,(H,24,26)(H,25,27)(H,28,29). The second-order valence-corrected chi connectivity index (χ2v) is 6.68. The molecule has 3 atom stereocenters. The molecule has 2 rings (SSSR count). The summed E-state index contributed by atoms with van der Waals surface area (Å²) in [6.07, 6.45) is -0.465. The Bertz CT molecular complexity index is 869. The Kier molecular flexibility index (Phi) is 7.41. The molecule has 6 nitrogen and oxygen atoms in total. The maximum atomic E-state index is 14.2. The molecule has 0 aliphatic heterocycles. The molecular weight excluding hydrogens is 382 g/mol. The zero-order chi connectivity index (χ0) is 21.6. The molecule has 0 radical (unpaired) electrons. The Hall–Kier alpha value is -3.29. The highest BCUT2D eigenvalue weighted by molar-refractivity contribution is 5.80. The molecule has 3 N–H and O–H groups in total. The van der Waals surface area contributed by atoms with Crippen molar-refractivity contribution in [3.63, 3.8) is 0 Å². The zero-order valence-electron chi connectivity index (χ0n) is 16.0. The van der Waals surface area contributed by atoms with Gasteiger partial charge in [0, 0.05) is 12.5 Å². The lowest BCUT2D eigenvalue weighted by atomic mass is 9.94. The average molecular weight is 404 g/mol. The number of hydrogen-bond acceptors (Lipinski definition) is 3. The van der Waals surface area contributed by atoms with E-state index in [-0.39, 0.29) is 0 Å². The van der Waals surface area contributed by atoms with Crippen LogP contribution in [0.2, 0.25) is 0 Å². The minimum Gasteiger partial charge on any atom is -0.481 e. The van der Waals surface area contributed by atoms with E-state index in [0.29, 0.717) is 5.56 Å². The Balaban J connectivity index is 2.27. The van der Waals surface area contributed by atoms with Crippen molar-refractivity contribution < 1.29 is 28.3 Å². The van der Waals surface area contributed by atoms with E-state index in [1.165, 1.54) is 19.9 Å². The lowest BCUT2D eigenvalue weighted by molar-refractivity contribution is -0.142. The van der Waals surface area contributed by atoms with Crippen molar-refractivity contribution in [3.8, 4) is 0 Å². The van der Waals surface area contributed by atoms with Crippen LogP contribution in [-0.4, -0.2) is 22.9 Å². The summed E-state index contributed by atoms with van der Waals surface area (Å²) in [4.78, 5) is 35.6. The van der Waals surface area contributed by atoms with Crippen LogP contribution in [0.25, 0.3) is 0 Å². The molecule has 0 aliphatic rings. The van der Waals surface area contributed by atoms with Gasteiger partial charge in [-0.3, -0.25) is 14.4 Å². The van der Waals surface area contributed by atoms with Crippen LogP contribution in [-0.2, 0) is 14.4 Å². The first kappa shape index (κ1) is 22.0. The zero-order valence-corrected chi connectivity index (χ0v) is 16.0. The van der Waals surface area contributed by atoms with Gasteiger partial charge in [-0.25, -0.2) is 8.78 Å². The molecule has 0 spiro atoms. The predicted molar refractivity (Wildman–Crippen MR) is 102 cm³/mol. The van der Waals surface area contributed by atoms with E-state index in [0.717, 1.165) is 12.1 Å². The van der Waals surface area contributed by atoms with Gasteiger partial charge in [-0.2, -0.15) is 0 Å². The van der Waals surface area contributed by atoms with E-state index in [9.17, 15) is 28.3 Å². The van der Waals surface area contributed by atoms with Crippen molar-refractivity contribution in [1.29, 1.82) is 0 Å². The van der Waals surface area contributed by atoms with Gasteiger partial charge in [0.15, 0.2) is 0 Å². The third-order valence-electron chi connectivity index (χ3n) is 4.48. The fourth-order valence-corrected chi connectivity index (χ4v) is 3.03. The molecule has 3 unspecified atom stereocenters. The Morgan fingerprint density at radius 1 is 0.966 bits per heavy atom. The van der Waals surface area contributed by atoms with Gasteiger partial charge in [-0.15, -0.1) is 0 Å². The molecule has 0 aromatic heterocycles. The summed E-state index contributed by atoms with van der Waals surface area (Å²) in [6, 6.07) is 9.65. The summed E-state index contributed by atoms with van der Waals surface area (Å²) in [5.41, 5.74) is 0.143. The van der Waals surface area contributed by atoms with E-state index in [1.54, 1.807) is 30.3 Å². The van der Waals surface area contributed by atoms with Gasteiger partial charge in [0.2, 0.25) is 11.8 Å². The number of hydrogen-bond donors (Lipinski definition) is 3. The number of carboxylic acid groups (broad SMARTS) is 1. The van der Waals surface area contributed by atoms with E-state index in [4.69, 9.17) is 0 Å². The molecule has 0 bridgehead atoms. The van der Waals surface area contributed by atoms with E-state index < -0.39 is 59.4 Å². The van der Waals surface area contributed by atoms with Crippen LogP contribution in [0.15, 0.2) is 48.5 Å². The molecule has 0 aliphatic carbocycles. The second-order valence-electron chi connectivity index (χ2n) is 6.68. The van der Waals surface area contributed by atoms with Gasteiger partial charge in [0.25, 0.3) is 0 Å². The quantitative estimate of drug-likeness (QED) is 0.630. The Morgan fingerprint density at radius 2 is 1.55 bits per heavy atom. The molecule has 0 saturated heterocycles. The number of rotatable bonds is 8. The van der Waals surface area contributed by atoms with E-state index >= 15 is 0 Å². The molecule has 0 heterocycles. The first-order chi connectivity index (χ1) is 13.7. The van der Waals surface area contributed by atoms with E-state index in [2.05, 4.69) is 10.6 Å². The smallest absolute Gasteiger partial charge is 0.308 e. The van der Waals surface area contributed by atoms with Gasteiger partial charge >= 0.3 is 5.97 Å². The van der Waals surface area contributed by atoms with Crippen LogP contribution >= 0.6 is 0 Å². The number of carbonyl (C=O) groups is 3. The monoisotopic (exact) mass is 404 g/mol. The summed E-state index contributed by atoms with van der Waals surface area (Å²) in [5, 5.41) is 14.4. The normalized spacial score (nSPS) is 13.8.